The fourth-order valence-electron chi connectivity index (χ4n) is 2.02. The molecular formula is C13H17NOS. The lowest BCUT2D eigenvalue weighted by Gasteiger charge is -2.17. The van der Waals surface area contributed by atoms with Crippen molar-refractivity contribution < 1.29 is 4.79 Å². The van der Waals surface area contributed by atoms with Crippen LogP contribution in [0.5, 0.6) is 0 Å². The van der Waals surface area contributed by atoms with Gasteiger partial charge in [-0.25, -0.2) is 0 Å². The predicted molar refractivity (Wildman–Crippen MR) is 68.5 cm³/mol. The summed E-state index contributed by atoms with van der Waals surface area (Å²) in [6, 6.07) is 10.6. The van der Waals surface area contributed by atoms with Crippen molar-refractivity contribution in [2.75, 3.05) is 18.8 Å². The summed E-state index contributed by atoms with van der Waals surface area (Å²) in [7, 11) is 0. The maximum atomic E-state index is 11.3. The molecule has 2 rings (SSSR count). The van der Waals surface area contributed by atoms with Crippen molar-refractivity contribution in [3.63, 3.8) is 0 Å². The lowest BCUT2D eigenvalue weighted by molar-refractivity contribution is -0.128. The van der Waals surface area contributed by atoms with Crippen LogP contribution in [-0.4, -0.2) is 29.6 Å². The van der Waals surface area contributed by atoms with E-state index in [9.17, 15) is 4.79 Å². The van der Waals surface area contributed by atoms with E-state index in [2.05, 4.69) is 24.3 Å². The van der Waals surface area contributed by atoms with Gasteiger partial charge in [0.2, 0.25) is 5.91 Å². The molecule has 0 spiro atoms. The van der Waals surface area contributed by atoms with Crippen molar-refractivity contribution in [1.29, 1.82) is 0 Å². The van der Waals surface area contributed by atoms with E-state index in [1.54, 1.807) is 6.92 Å². The van der Waals surface area contributed by atoms with Gasteiger partial charge in [0.15, 0.2) is 0 Å². The molecule has 1 aliphatic heterocycles. The van der Waals surface area contributed by atoms with E-state index < -0.39 is 0 Å². The smallest absolute Gasteiger partial charge is 0.219 e. The van der Waals surface area contributed by atoms with Gasteiger partial charge in [-0.05, 0) is 12.0 Å². The molecule has 3 heteroatoms. The van der Waals surface area contributed by atoms with Crippen molar-refractivity contribution in [3.05, 3.63) is 35.9 Å². The number of hydrogen-bond acceptors (Lipinski definition) is 2. The van der Waals surface area contributed by atoms with Crippen LogP contribution >= 0.6 is 11.8 Å². The monoisotopic (exact) mass is 235 g/mol. The first kappa shape index (κ1) is 11.5. The van der Waals surface area contributed by atoms with Crippen LogP contribution in [-0.2, 0) is 4.79 Å². The topological polar surface area (TPSA) is 20.3 Å². The number of nitrogens with zero attached hydrogens (tertiary/aromatic N) is 1. The molecule has 0 aromatic heterocycles. The highest BCUT2D eigenvalue weighted by atomic mass is 32.2. The fraction of sp³-hybridized carbons (Fsp3) is 0.462. The van der Waals surface area contributed by atoms with Crippen LogP contribution in [0.3, 0.4) is 0 Å². The summed E-state index contributed by atoms with van der Waals surface area (Å²) < 4.78 is 0. The van der Waals surface area contributed by atoms with Gasteiger partial charge >= 0.3 is 0 Å². The van der Waals surface area contributed by atoms with Gasteiger partial charge < -0.3 is 4.90 Å². The standard InChI is InChI=1S/C13H17NOS/c1-11(15)14-8-7-13(16-10-9-14)12-5-3-2-4-6-12/h2-6,13H,7-10H2,1H3/t13-/m0/s1. The van der Waals surface area contributed by atoms with Crippen LogP contribution in [0.2, 0.25) is 0 Å². The van der Waals surface area contributed by atoms with Gasteiger partial charge in [0.05, 0.1) is 0 Å². The minimum absolute atomic E-state index is 0.203. The first-order chi connectivity index (χ1) is 7.77. The number of carbonyl (C=O) groups is 1. The summed E-state index contributed by atoms with van der Waals surface area (Å²) in [4.78, 5) is 13.3. The zero-order chi connectivity index (χ0) is 11.4. The summed E-state index contributed by atoms with van der Waals surface area (Å²) in [6.45, 7) is 3.44. The lowest BCUT2D eigenvalue weighted by atomic mass is 10.1. The highest BCUT2D eigenvalue weighted by Crippen LogP contribution is 2.33. The largest absolute Gasteiger partial charge is 0.342 e. The van der Waals surface area contributed by atoms with Crippen molar-refractivity contribution in [2.45, 2.75) is 18.6 Å². The Morgan fingerprint density at radius 3 is 2.75 bits per heavy atom. The van der Waals surface area contributed by atoms with Gasteiger partial charge in [0.25, 0.3) is 0 Å². The number of hydrogen-bond donors (Lipinski definition) is 0. The third-order valence-electron chi connectivity index (χ3n) is 2.96. The Morgan fingerprint density at radius 1 is 1.31 bits per heavy atom. The van der Waals surface area contributed by atoms with E-state index in [4.69, 9.17) is 0 Å². The normalized spacial score (nSPS) is 21.6. The zero-order valence-corrected chi connectivity index (χ0v) is 10.4. The second-order valence-corrected chi connectivity index (χ2v) is 5.38. The molecule has 16 heavy (non-hydrogen) atoms. The second kappa shape index (κ2) is 5.39. The SMILES string of the molecule is CC(=O)N1CCS[C@H](c2ccccc2)CC1. The van der Waals surface area contributed by atoms with Crippen LogP contribution < -0.4 is 0 Å². The molecule has 2 nitrogen and oxygen atoms in total. The molecule has 0 aliphatic carbocycles. The number of carbonyl (C=O) groups excluding carboxylic acids is 1. The molecule has 1 heterocycles. The summed E-state index contributed by atoms with van der Waals surface area (Å²) >= 11 is 1.96. The van der Waals surface area contributed by atoms with Crippen LogP contribution in [0.4, 0.5) is 0 Å². The first-order valence-electron chi connectivity index (χ1n) is 5.69. The molecular weight excluding hydrogens is 218 g/mol. The molecule has 1 atom stereocenters. The third-order valence-corrected chi connectivity index (χ3v) is 4.29. The van der Waals surface area contributed by atoms with Gasteiger partial charge in [-0.3, -0.25) is 4.79 Å². The molecule has 0 unspecified atom stereocenters. The van der Waals surface area contributed by atoms with Crippen LogP contribution in [0.15, 0.2) is 30.3 Å². The molecule has 1 aromatic carbocycles. The number of rotatable bonds is 1. The fourth-order valence-corrected chi connectivity index (χ4v) is 3.25. The Hall–Kier alpha value is -0.960. The molecule has 1 fully saturated rings. The minimum atomic E-state index is 0.203. The number of benzene rings is 1. The zero-order valence-electron chi connectivity index (χ0n) is 9.56. The summed E-state index contributed by atoms with van der Waals surface area (Å²) in [5.74, 6) is 1.24. The molecule has 0 radical (unpaired) electrons. The minimum Gasteiger partial charge on any atom is -0.342 e. The van der Waals surface area contributed by atoms with Gasteiger partial charge in [0, 0.05) is 31.0 Å². The van der Waals surface area contributed by atoms with Gasteiger partial charge in [-0.1, -0.05) is 30.3 Å². The molecule has 1 aromatic rings. The average molecular weight is 235 g/mol. The Morgan fingerprint density at radius 2 is 2.06 bits per heavy atom. The molecule has 0 saturated carbocycles. The van der Waals surface area contributed by atoms with E-state index in [1.165, 1.54) is 5.56 Å². The Balaban J connectivity index is 2.02. The van der Waals surface area contributed by atoms with E-state index >= 15 is 0 Å². The van der Waals surface area contributed by atoms with Crippen LogP contribution in [0.1, 0.15) is 24.2 Å². The van der Waals surface area contributed by atoms with Crippen LogP contribution in [0.25, 0.3) is 0 Å². The van der Waals surface area contributed by atoms with Gasteiger partial charge in [-0.15, -0.1) is 0 Å². The summed E-state index contributed by atoms with van der Waals surface area (Å²) in [6.07, 6.45) is 1.06. The van der Waals surface area contributed by atoms with Crippen molar-refractivity contribution >= 4 is 17.7 Å². The van der Waals surface area contributed by atoms with Crippen LogP contribution in [0, 0.1) is 0 Å². The first-order valence-corrected chi connectivity index (χ1v) is 6.74. The molecule has 86 valence electrons. The lowest BCUT2D eigenvalue weighted by Crippen LogP contribution is -2.30. The maximum absolute atomic E-state index is 11.3. The van der Waals surface area contributed by atoms with Crippen molar-refractivity contribution in [1.82, 2.24) is 4.90 Å². The highest BCUT2D eigenvalue weighted by molar-refractivity contribution is 7.99. The van der Waals surface area contributed by atoms with E-state index in [0.717, 1.165) is 25.3 Å². The average Bonchev–Trinajstić information content (AvgIpc) is 2.55. The summed E-state index contributed by atoms with van der Waals surface area (Å²) in [5.41, 5.74) is 1.39. The predicted octanol–water partition coefficient (Wildman–Crippen LogP) is 2.71. The van der Waals surface area contributed by atoms with Gasteiger partial charge in [0.1, 0.15) is 0 Å². The van der Waals surface area contributed by atoms with Crippen molar-refractivity contribution in [3.8, 4) is 0 Å². The number of thioether (sulfide) groups is 1. The molecule has 0 bridgehead atoms. The Kier molecular flexibility index (Phi) is 3.88. The van der Waals surface area contributed by atoms with E-state index in [1.807, 2.05) is 22.7 Å². The van der Waals surface area contributed by atoms with Gasteiger partial charge in [-0.2, -0.15) is 11.8 Å². The quantitative estimate of drug-likeness (QED) is 0.746. The number of amides is 1. The van der Waals surface area contributed by atoms with Crippen molar-refractivity contribution in [2.24, 2.45) is 0 Å². The highest BCUT2D eigenvalue weighted by Gasteiger charge is 2.19. The molecule has 0 N–H and O–H groups in total. The summed E-state index contributed by atoms with van der Waals surface area (Å²) in [5, 5.41) is 0.547. The maximum Gasteiger partial charge on any atom is 0.219 e. The Bertz CT molecular complexity index is 352. The van der Waals surface area contributed by atoms with E-state index in [0.29, 0.717) is 5.25 Å². The Labute approximate surface area is 101 Å². The second-order valence-electron chi connectivity index (χ2n) is 4.06. The third kappa shape index (κ3) is 2.79. The molecule has 1 saturated heterocycles. The molecule has 1 amide bonds. The molecule has 1 aliphatic rings. The van der Waals surface area contributed by atoms with E-state index in [-0.39, 0.29) is 5.91 Å².